The van der Waals surface area contributed by atoms with Crippen LogP contribution < -0.4 is 0 Å². The van der Waals surface area contributed by atoms with Crippen molar-refractivity contribution in [1.29, 1.82) is 0 Å². The van der Waals surface area contributed by atoms with Crippen molar-refractivity contribution >= 4 is 17.7 Å². The molecule has 76 valence electrons. The monoisotopic (exact) mass is 211 g/mol. The molecule has 1 rings (SSSR count). The van der Waals surface area contributed by atoms with Gasteiger partial charge >= 0.3 is 5.97 Å². The van der Waals surface area contributed by atoms with E-state index in [9.17, 15) is 4.79 Å². The van der Waals surface area contributed by atoms with E-state index in [1.807, 2.05) is 0 Å². The Bertz CT molecular complexity index is 277. The molecular weight excluding hydrogens is 198 g/mol. The van der Waals surface area contributed by atoms with Crippen molar-refractivity contribution in [2.45, 2.75) is 6.92 Å². The number of nitrogens with zero attached hydrogens (tertiary/aromatic N) is 1. The van der Waals surface area contributed by atoms with E-state index < -0.39 is 0 Å². The number of aromatic nitrogens is 1. The first-order valence-electron chi connectivity index (χ1n) is 4.49. The topological polar surface area (TPSA) is 39.2 Å². The lowest BCUT2D eigenvalue weighted by atomic mass is 10.3. The molecule has 1 aromatic heterocycles. The number of rotatable bonds is 5. The highest BCUT2D eigenvalue weighted by atomic mass is 32.2. The molecule has 14 heavy (non-hydrogen) atoms. The zero-order valence-electron chi connectivity index (χ0n) is 8.10. The second-order valence-electron chi connectivity index (χ2n) is 2.57. The van der Waals surface area contributed by atoms with Gasteiger partial charge in [-0.05, 0) is 17.9 Å². The molecular formula is C10H13NO2S. The fourth-order valence-corrected chi connectivity index (χ4v) is 1.39. The first kappa shape index (κ1) is 11.0. The largest absolute Gasteiger partial charge is 0.461 e. The molecule has 0 atom stereocenters. The van der Waals surface area contributed by atoms with Crippen molar-refractivity contribution in [3.63, 3.8) is 0 Å². The predicted molar refractivity (Wildman–Crippen MR) is 57.5 cm³/mol. The van der Waals surface area contributed by atoms with Crippen LogP contribution in [0.4, 0.5) is 0 Å². The molecule has 0 aromatic carbocycles. The summed E-state index contributed by atoms with van der Waals surface area (Å²) in [6.07, 6.45) is 3.14. The van der Waals surface area contributed by atoms with Crippen LogP contribution in [0, 0.1) is 0 Å². The number of ether oxygens (including phenoxy) is 1. The minimum Gasteiger partial charge on any atom is -0.461 e. The van der Waals surface area contributed by atoms with Gasteiger partial charge in [-0.25, -0.2) is 4.79 Å². The first-order valence-corrected chi connectivity index (χ1v) is 5.65. The summed E-state index contributed by atoms with van der Waals surface area (Å²) in [7, 11) is 0. The van der Waals surface area contributed by atoms with Crippen molar-refractivity contribution < 1.29 is 9.53 Å². The standard InChI is InChI=1S/C10H13NO2S/c1-2-14-7-6-13-10(12)9-4-3-5-11-8-9/h3-5,8H,2,6-7H2,1H3. The highest BCUT2D eigenvalue weighted by Crippen LogP contribution is 2.01. The summed E-state index contributed by atoms with van der Waals surface area (Å²) >= 11 is 1.75. The predicted octanol–water partition coefficient (Wildman–Crippen LogP) is 1.99. The van der Waals surface area contributed by atoms with Crippen LogP contribution in [0.15, 0.2) is 24.5 Å². The maximum Gasteiger partial charge on any atom is 0.339 e. The highest BCUT2D eigenvalue weighted by Gasteiger charge is 2.05. The summed E-state index contributed by atoms with van der Waals surface area (Å²) in [4.78, 5) is 15.2. The first-order chi connectivity index (χ1) is 6.84. The SMILES string of the molecule is CCSCCOC(=O)c1cccnc1. The Kier molecular flexibility index (Phi) is 5.07. The number of thioether (sulfide) groups is 1. The molecule has 0 spiro atoms. The minimum absolute atomic E-state index is 0.296. The molecule has 1 aromatic rings. The molecule has 0 N–H and O–H groups in total. The second-order valence-corrected chi connectivity index (χ2v) is 3.97. The lowest BCUT2D eigenvalue weighted by Gasteiger charge is -2.02. The van der Waals surface area contributed by atoms with Gasteiger partial charge in [-0.2, -0.15) is 11.8 Å². The van der Waals surface area contributed by atoms with Crippen molar-refractivity contribution in [2.24, 2.45) is 0 Å². The summed E-state index contributed by atoms with van der Waals surface area (Å²) in [5, 5.41) is 0. The average Bonchev–Trinajstić information content (AvgIpc) is 2.25. The Morgan fingerprint density at radius 2 is 2.50 bits per heavy atom. The third kappa shape index (κ3) is 3.79. The molecule has 0 bridgehead atoms. The van der Waals surface area contributed by atoms with Gasteiger partial charge in [-0.15, -0.1) is 0 Å². The van der Waals surface area contributed by atoms with Gasteiger partial charge in [-0.1, -0.05) is 6.92 Å². The van der Waals surface area contributed by atoms with Crippen molar-refractivity contribution in [3.05, 3.63) is 30.1 Å². The molecule has 0 radical (unpaired) electrons. The van der Waals surface area contributed by atoms with Crippen LogP contribution in [0.1, 0.15) is 17.3 Å². The summed E-state index contributed by atoms with van der Waals surface area (Å²) < 4.78 is 5.03. The molecule has 0 aliphatic carbocycles. The quantitative estimate of drug-likeness (QED) is 0.551. The zero-order valence-corrected chi connectivity index (χ0v) is 8.92. The van der Waals surface area contributed by atoms with Gasteiger partial charge in [0.25, 0.3) is 0 Å². The van der Waals surface area contributed by atoms with Crippen molar-refractivity contribution in [1.82, 2.24) is 4.98 Å². The van der Waals surface area contributed by atoms with Crippen molar-refractivity contribution in [2.75, 3.05) is 18.1 Å². The van der Waals surface area contributed by atoms with E-state index in [0.717, 1.165) is 11.5 Å². The van der Waals surface area contributed by atoms with E-state index in [1.54, 1.807) is 30.1 Å². The number of carbonyl (C=O) groups is 1. The van der Waals surface area contributed by atoms with Gasteiger partial charge in [0.1, 0.15) is 6.61 Å². The van der Waals surface area contributed by atoms with Gasteiger partial charge in [0.05, 0.1) is 5.56 Å². The molecule has 0 fully saturated rings. The maximum atomic E-state index is 11.3. The third-order valence-corrected chi connectivity index (χ3v) is 2.43. The Hall–Kier alpha value is -1.03. The smallest absolute Gasteiger partial charge is 0.339 e. The fraction of sp³-hybridized carbons (Fsp3) is 0.400. The van der Waals surface area contributed by atoms with E-state index >= 15 is 0 Å². The van der Waals surface area contributed by atoms with Crippen LogP contribution in [0.25, 0.3) is 0 Å². The van der Waals surface area contributed by atoms with Gasteiger partial charge in [-0.3, -0.25) is 4.98 Å². The second kappa shape index (κ2) is 6.43. The summed E-state index contributed by atoms with van der Waals surface area (Å²) in [5.74, 6) is 1.60. The molecule has 0 aliphatic rings. The number of carbonyl (C=O) groups excluding carboxylic acids is 1. The van der Waals surface area contributed by atoms with E-state index in [-0.39, 0.29) is 5.97 Å². The van der Waals surface area contributed by atoms with Gasteiger partial charge in [0.2, 0.25) is 0 Å². The van der Waals surface area contributed by atoms with Crippen LogP contribution in [-0.4, -0.2) is 29.1 Å². The Morgan fingerprint density at radius 1 is 1.64 bits per heavy atom. The molecule has 0 aliphatic heterocycles. The third-order valence-electron chi connectivity index (χ3n) is 1.56. The van der Waals surface area contributed by atoms with Gasteiger partial charge < -0.3 is 4.74 Å². The van der Waals surface area contributed by atoms with Crippen molar-refractivity contribution in [3.8, 4) is 0 Å². The summed E-state index contributed by atoms with van der Waals surface area (Å²) in [6, 6.07) is 3.42. The summed E-state index contributed by atoms with van der Waals surface area (Å²) in [6.45, 7) is 2.54. The molecule has 3 nitrogen and oxygen atoms in total. The number of hydrogen-bond acceptors (Lipinski definition) is 4. The number of pyridine rings is 1. The van der Waals surface area contributed by atoms with E-state index in [1.165, 1.54) is 6.20 Å². The van der Waals surface area contributed by atoms with Crippen LogP contribution in [-0.2, 0) is 4.74 Å². The number of esters is 1. The average molecular weight is 211 g/mol. The van der Waals surface area contributed by atoms with E-state index in [4.69, 9.17) is 4.74 Å². The molecule has 0 unspecified atom stereocenters. The Balaban J connectivity index is 2.29. The minimum atomic E-state index is -0.296. The van der Waals surface area contributed by atoms with E-state index in [0.29, 0.717) is 12.2 Å². The lowest BCUT2D eigenvalue weighted by Crippen LogP contribution is -2.08. The Labute approximate surface area is 87.9 Å². The highest BCUT2D eigenvalue weighted by molar-refractivity contribution is 7.99. The molecule has 0 saturated heterocycles. The fourth-order valence-electron chi connectivity index (χ4n) is 0.904. The van der Waals surface area contributed by atoms with Crippen LogP contribution in [0.5, 0.6) is 0 Å². The number of hydrogen-bond donors (Lipinski definition) is 0. The molecule has 1 heterocycles. The maximum absolute atomic E-state index is 11.3. The van der Waals surface area contributed by atoms with Gasteiger partial charge in [0.15, 0.2) is 0 Å². The van der Waals surface area contributed by atoms with Crippen LogP contribution in [0.2, 0.25) is 0 Å². The zero-order chi connectivity index (χ0) is 10.2. The normalized spacial score (nSPS) is 9.79. The van der Waals surface area contributed by atoms with E-state index in [2.05, 4.69) is 11.9 Å². The van der Waals surface area contributed by atoms with Gasteiger partial charge in [0, 0.05) is 18.1 Å². The Morgan fingerprint density at radius 3 is 3.14 bits per heavy atom. The summed E-state index contributed by atoms with van der Waals surface area (Å²) in [5.41, 5.74) is 0.508. The molecule has 4 heteroatoms. The molecule has 0 amide bonds. The van der Waals surface area contributed by atoms with Crippen LogP contribution >= 0.6 is 11.8 Å². The van der Waals surface area contributed by atoms with Crippen LogP contribution in [0.3, 0.4) is 0 Å². The lowest BCUT2D eigenvalue weighted by molar-refractivity contribution is 0.0530. The molecule has 0 saturated carbocycles.